The highest BCUT2D eigenvalue weighted by molar-refractivity contribution is 5.90. The number of nitrogens with one attached hydrogen (secondary N) is 2. The summed E-state index contributed by atoms with van der Waals surface area (Å²) in [7, 11) is 1.62. The molecule has 7 heteroatoms. The largest absolute Gasteiger partial charge is 0.495 e. The van der Waals surface area contributed by atoms with Crippen molar-refractivity contribution in [1.29, 1.82) is 0 Å². The first-order valence-electron chi connectivity index (χ1n) is 11.5. The maximum Gasteiger partial charge on any atom is 0.156 e. The third kappa shape index (κ3) is 4.89. The van der Waals surface area contributed by atoms with Crippen LogP contribution in [0.25, 0.3) is 22.3 Å². The van der Waals surface area contributed by atoms with Gasteiger partial charge in [-0.3, -0.25) is 4.98 Å². The van der Waals surface area contributed by atoms with Gasteiger partial charge in [0.2, 0.25) is 0 Å². The van der Waals surface area contributed by atoms with E-state index in [4.69, 9.17) is 4.74 Å². The molecule has 35 heavy (non-hydrogen) atoms. The van der Waals surface area contributed by atoms with E-state index in [0.717, 1.165) is 57.2 Å². The van der Waals surface area contributed by atoms with Crippen LogP contribution >= 0.6 is 0 Å². The Balaban J connectivity index is 1.33. The number of fused-ring (bicyclic) bond motifs is 1. The average Bonchev–Trinajstić information content (AvgIpc) is 2.90. The molecule has 7 nitrogen and oxygen atoms in total. The lowest BCUT2D eigenvalue weighted by atomic mass is 10.1. The van der Waals surface area contributed by atoms with Gasteiger partial charge in [0.15, 0.2) is 5.82 Å². The molecular formula is C28H26N6O. The summed E-state index contributed by atoms with van der Waals surface area (Å²) in [5.41, 5.74) is 8.59. The molecule has 0 radical (unpaired) electrons. The Labute approximate surface area is 204 Å². The number of anilines is 4. The number of methoxy groups -OCH3 is 1. The van der Waals surface area contributed by atoms with Crippen molar-refractivity contribution in [1.82, 2.24) is 20.2 Å². The number of nitrogens with zero attached hydrogens (tertiary/aromatic N) is 4. The molecule has 2 N–H and O–H groups in total. The standard InChI is InChI=1S/C28H26N6O/c1-4-19-15-25(20-7-5-18(2)6-8-20)33-34-28(19)32-22-11-9-21(10-12-22)31-24-13-14-29-26-16-23(35-3)17-30-27(24)26/h5-17H,4H2,1-3H3,(H,29,31)(H,32,34). The molecule has 0 aliphatic carbocycles. The summed E-state index contributed by atoms with van der Waals surface area (Å²) in [6.45, 7) is 4.20. The molecule has 0 bridgehead atoms. The molecule has 0 saturated carbocycles. The SMILES string of the molecule is CCc1cc(-c2ccc(C)cc2)nnc1Nc1ccc(Nc2ccnc3cc(OC)cnc23)cc1. The molecular weight excluding hydrogens is 436 g/mol. The van der Waals surface area contributed by atoms with Gasteiger partial charge in [0.05, 0.1) is 30.2 Å². The van der Waals surface area contributed by atoms with Gasteiger partial charge in [-0.2, -0.15) is 0 Å². The Bertz CT molecular complexity index is 1470. The van der Waals surface area contributed by atoms with E-state index >= 15 is 0 Å². The maximum atomic E-state index is 5.25. The minimum absolute atomic E-state index is 0.680. The highest BCUT2D eigenvalue weighted by atomic mass is 16.5. The van der Waals surface area contributed by atoms with Gasteiger partial charge in [0.1, 0.15) is 11.3 Å². The van der Waals surface area contributed by atoms with Crippen molar-refractivity contribution in [2.45, 2.75) is 20.3 Å². The van der Waals surface area contributed by atoms with Gasteiger partial charge in [0.25, 0.3) is 0 Å². The van der Waals surface area contributed by atoms with E-state index in [1.165, 1.54) is 5.56 Å². The Morgan fingerprint density at radius 2 is 1.57 bits per heavy atom. The molecule has 3 heterocycles. The van der Waals surface area contributed by atoms with Gasteiger partial charge in [0, 0.05) is 29.2 Å². The van der Waals surface area contributed by atoms with Crippen molar-refractivity contribution < 1.29 is 4.74 Å². The number of benzene rings is 2. The molecule has 0 aliphatic heterocycles. The van der Waals surface area contributed by atoms with Crippen LogP contribution in [0.1, 0.15) is 18.1 Å². The monoisotopic (exact) mass is 462 g/mol. The molecule has 174 valence electrons. The second kappa shape index (κ2) is 9.77. The third-order valence-electron chi connectivity index (χ3n) is 5.82. The van der Waals surface area contributed by atoms with E-state index in [1.807, 2.05) is 36.4 Å². The zero-order chi connectivity index (χ0) is 24.2. The maximum absolute atomic E-state index is 5.25. The van der Waals surface area contributed by atoms with Crippen LogP contribution < -0.4 is 15.4 Å². The fraction of sp³-hybridized carbons (Fsp3) is 0.143. The molecule has 0 saturated heterocycles. The van der Waals surface area contributed by atoms with Crippen molar-refractivity contribution in [2.75, 3.05) is 17.7 Å². The van der Waals surface area contributed by atoms with E-state index in [0.29, 0.717) is 5.75 Å². The Hall–Kier alpha value is -4.52. The minimum Gasteiger partial charge on any atom is -0.495 e. The molecule has 0 unspecified atom stereocenters. The fourth-order valence-corrected chi connectivity index (χ4v) is 3.82. The highest BCUT2D eigenvalue weighted by Crippen LogP contribution is 2.28. The Morgan fingerprint density at radius 3 is 2.29 bits per heavy atom. The first kappa shape index (κ1) is 22.3. The molecule has 5 aromatic rings. The smallest absolute Gasteiger partial charge is 0.156 e. The summed E-state index contributed by atoms with van der Waals surface area (Å²) < 4.78 is 5.25. The first-order chi connectivity index (χ1) is 17.1. The lowest BCUT2D eigenvalue weighted by Crippen LogP contribution is -2.02. The van der Waals surface area contributed by atoms with E-state index in [9.17, 15) is 0 Å². The number of ether oxygens (including phenoxy) is 1. The lowest BCUT2D eigenvalue weighted by molar-refractivity contribution is 0.413. The normalized spacial score (nSPS) is 10.8. The highest BCUT2D eigenvalue weighted by Gasteiger charge is 2.09. The van der Waals surface area contributed by atoms with E-state index in [2.05, 4.69) is 75.0 Å². The summed E-state index contributed by atoms with van der Waals surface area (Å²) in [4.78, 5) is 8.89. The topological polar surface area (TPSA) is 84.9 Å². The van der Waals surface area contributed by atoms with Crippen LogP contribution in [0.4, 0.5) is 22.9 Å². The second-order valence-electron chi connectivity index (χ2n) is 8.25. The second-order valence-corrected chi connectivity index (χ2v) is 8.25. The summed E-state index contributed by atoms with van der Waals surface area (Å²) in [5, 5.41) is 15.8. The van der Waals surface area contributed by atoms with Gasteiger partial charge in [-0.05, 0) is 55.3 Å². The molecule has 0 fully saturated rings. The van der Waals surface area contributed by atoms with Gasteiger partial charge >= 0.3 is 0 Å². The Morgan fingerprint density at radius 1 is 0.829 bits per heavy atom. The van der Waals surface area contributed by atoms with E-state index in [-0.39, 0.29) is 0 Å². The molecule has 0 atom stereocenters. The summed E-state index contributed by atoms with van der Waals surface area (Å²) in [6, 6.07) is 22.3. The third-order valence-corrected chi connectivity index (χ3v) is 5.82. The van der Waals surface area contributed by atoms with Crippen molar-refractivity contribution >= 4 is 33.9 Å². The zero-order valence-electron chi connectivity index (χ0n) is 19.9. The zero-order valence-corrected chi connectivity index (χ0v) is 19.9. The van der Waals surface area contributed by atoms with Gasteiger partial charge in [-0.15, -0.1) is 10.2 Å². The number of rotatable bonds is 7. The number of aromatic nitrogens is 4. The van der Waals surface area contributed by atoms with Gasteiger partial charge < -0.3 is 15.4 Å². The number of hydrogen-bond acceptors (Lipinski definition) is 7. The number of hydrogen-bond donors (Lipinski definition) is 2. The van der Waals surface area contributed by atoms with Crippen LogP contribution in [0.15, 0.2) is 79.1 Å². The minimum atomic E-state index is 0.680. The lowest BCUT2D eigenvalue weighted by Gasteiger charge is -2.13. The van der Waals surface area contributed by atoms with Gasteiger partial charge in [-0.1, -0.05) is 36.8 Å². The van der Waals surface area contributed by atoms with E-state index < -0.39 is 0 Å². The van der Waals surface area contributed by atoms with Crippen LogP contribution in [0.5, 0.6) is 5.75 Å². The summed E-state index contributed by atoms with van der Waals surface area (Å²) in [5.74, 6) is 1.45. The number of aryl methyl sites for hydroxylation is 2. The van der Waals surface area contributed by atoms with Crippen molar-refractivity contribution in [3.05, 3.63) is 90.3 Å². The van der Waals surface area contributed by atoms with Crippen LogP contribution in [-0.2, 0) is 6.42 Å². The van der Waals surface area contributed by atoms with Crippen molar-refractivity contribution in [3.63, 3.8) is 0 Å². The summed E-state index contributed by atoms with van der Waals surface area (Å²) in [6.07, 6.45) is 4.30. The molecule has 0 amide bonds. The predicted molar refractivity (Wildman–Crippen MR) is 141 cm³/mol. The Kier molecular flexibility index (Phi) is 6.22. The van der Waals surface area contributed by atoms with Crippen LogP contribution in [-0.4, -0.2) is 27.3 Å². The van der Waals surface area contributed by atoms with Crippen molar-refractivity contribution in [3.8, 4) is 17.0 Å². The summed E-state index contributed by atoms with van der Waals surface area (Å²) >= 11 is 0. The molecule has 0 aliphatic rings. The first-order valence-corrected chi connectivity index (χ1v) is 11.5. The molecule has 2 aromatic carbocycles. The predicted octanol–water partition coefficient (Wildman–Crippen LogP) is 6.45. The van der Waals surface area contributed by atoms with E-state index in [1.54, 1.807) is 19.5 Å². The van der Waals surface area contributed by atoms with Crippen LogP contribution in [0.2, 0.25) is 0 Å². The van der Waals surface area contributed by atoms with Crippen LogP contribution in [0.3, 0.4) is 0 Å². The average molecular weight is 463 g/mol. The van der Waals surface area contributed by atoms with Crippen molar-refractivity contribution in [2.24, 2.45) is 0 Å². The quantitative estimate of drug-likeness (QED) is 0.287. The molecule has 0 spiro atoms. The number of pyridine rings is 2. The molecule has 3 aromatic heterocycles. The molecule has 5 rings (SSSR count). The van der Waals surface area contributed by atoms with Crippen LogP contribution in [0, 0.1) is 6.92 Å². The fourth-order valence-electron chi connectivity index (χ4n) is 3.82. The van der Waals surface area contributed by atoms with Gasteiger partial charge in [-0.25, -0.2) is 4.98 Å².